The van der Waals surface area contributed by atoms with E-state index in [2.05, 4.69) is 0 Å². The molecule has 0 aliphatic rings. The van der Waals surface area contributed by atoms with Crippen LogP contribution in [0, 0.1) is 13.8 Å². The van der Waals surface area contributed by atoms with Crippen molar-refractivity contribution in [3.8, 4) is 17.3 Å². The number of furan rings is 1. The fraction of sp³-hybridized carbons (Fsp3) is 0.136. The largest absolute Gasteiger partial charge is 0.489 e. The standard InChI is InChI=1S/C22H18O4/c1-14-10-15(2)22(23)26-21(14)20-12-17-11-18(8-9-19(17)25-20)24-13-16-6-4-3-5-7-16/h3-12H,13H2,1-2H3. The van der Waals surface area contributed by atoms with Crippen molar-refractivity contribution < 1.29 is 13.6 Å². The zero-order valence-electron chi connectivity index (χ0n) is 14.6. The summed E-state index contributed by atoms with van der Waals surface area (Å²) in [7, 11) is 0. The molecule has 0 aliphatic heterocycles. The van der Waals surface area contributed by atoms with E-state index >= 15 is 0 Å². The molecular formula is C22H18O4. The normalized spacial score (nSPS) is 11.0. The van der Waals surface area contributed by atoms with E-state index < -0.39 is 0 Å². The minimum absolute atomic E-state index is 0.349. The lowest BCUT2D eigenvalue weighted by atomic mass is 10.1. The van der Waals surface area contributed by atoms with Crippen LogP contribution < -0.4 is 10.4 Å². The Labute approximate surface area is 150 Å². The summed E-state index contributed by atoms with van der Waals surface area (Å²) in [5.41, 5.74) is 2.92. The Balaban J connectivity index is 1.64. The molecule has 4 rings (SSSR count). The average molecular weight is 346 g/mol. The predicted octanol–water partition coefficient (Wildman–Crippen LogP) is 5.25. The van der Waals surface area contributed by atoms with E-state index in [9.17, 15) is 4.79 Å². The van der Waals surface area contributed by atoms with Gasteiger partial charge in [-0.05, 0) is 55.3 Å². The lowest BCUT2D eigenvalue weighted by Crippen LogP contribution is -2.04. The number of fused-ring (bicyclic) bond motifs is 1. The molecular weight excluding hydrogens is 328 g/mol. The molecule has 0 fully saturated rings. The van der Waals surface area contributed by atoms with Gasteiger partial charge in [0.05, 0.1) is 0 Å². The third kappa shape index (κ3) is 3.14. The van der Waals surface area contributed by atoms with Crippen LogP contribution in [0.2, 0.25) is 0 Å². The summed E-state index contributed by atoms with van der Waals surface area (Å²) in [6, 6.07) is 19.3. The van der Waals surface area contributed by atoms with Crippen molar-refractivity contribution in [3.05, 3.63) is 87.8 Å². The van der Waals surface area contributed by atoms with Crippen LogP contribution in [-0.2, 0) is 6.61 Å². The van der Waals surface area contributed by atoms with E-state index in [4.69, 9.17) is 13.6 Å². The van der Waals surface area contributed by atoms with Gasteiger partial charge in [-0.3, -0.25) is 0 Å². The van der Waals surface area contributed by atoms with Crippen molar-refractivity contribution in [1.29, 1.82) is 0 Å². The van der Waals surface area contributed by atoms with Crippen LogP contribution in [0.5, 0.6) is 5.75 Å². The van der Waals surface area contributed by atoms with Crippen LogP contribution in [-0.4, -0.2) is 0 Å². The second kappa shape index (κ2) is 6.56. The molecule has 0 saturated heterocycles. The van der Waals surface area contributed by atoms with Gasteiger partial charge < -0.3 is 13.6 Å². The number of hydrogen-bond donors (Lipinski definition) is 0. The topological polar surface area (TPSA) is 52.6 Å². The van der Waals surface area contributed by atoms with Gasteiger partial charge in [0.2, 0.25) is 0 Å². The summed E-state index contributed by atoms with van der Waals surface area (Å²) in [4.78, 5) is 11.8. The highest BCUT2D eigenvalue weighted by Gasteiger charge is 2.14. The first kappa shape index (κ1) is 16.2. The molecule has 0 N–H and O–H groups in total. The van der Waals surface area contributed by atoms with Gasteiger partial charge in [-0.25, -0.2) is 4.79 Å². The van der Waals surface area contributed by atoms with Gasteiger partial charge >= 0.3 is 5.63 Å². The molecule has 0 radical (unpaired) electrons. The SMILES string of the molecule is Cc1cc(C)c(=O)oc1-c1cc2cc(OCc3ccccc3)ccc2o1. The molecule has 0 saturated carbocycles. The summed E-state index contributed by atoms with van der Waals surface area (Å²) < 4.78 is 17.1. The first-order chi connectivity index (χ1) is 12.6. The zero-order chi connectivity index (χ0) is 18.1. The second-order valence-electron chi connectivity index (χ2n) is 6.31. The lowest BCUT2D eigenvalue weighted by molar-refractivity contribution is 0.306. The summed E-state index contributed by atoms with van der Waals surface area (Å²) >= 11 is 0. The fourth-order valence-corrected chi connectivity index (χ4v) is 2.91. The van der Waals surface area contributed by atoms with E-state index in [1.165, 1.54) is 0 Å². The molecule has 4 aromatic rings. The van der Waals surface area contributed by atoms with E-state index in [0.717, 1.165) is 27.8 Å². The number of hydrogen-bond acceptors (Lipinski definition) is 4. The molecule has 4 nitrogen and oxygen atoms in total. The summed E-state index contributed by atoms with van der Waals surface area (Å²) in [6.07, 6.45) is 0. The Bertz CT molecular complexity index is 1120. The minimum Gasteiger partial charge on any atom is -0.489 e. The van der Waals surface area contributed by atoms with E-state index in [1.54, 1.807) is 6.92 Å². The molecule has 0 atom stereocenters. The van der Waals surface area contributed by atoms with Crippen molar-refractivity contribution >= 4 is 11.0 Å². The lowest BCUT2D eigenvalue weighted by Gasteiger charge is -2.05. The molecule has 0 amide bonds. The summed E-state index contributed by atoms with van der Waals surface area (Å²) in [6.45, 7) is 4.13. The van der Waals surface area contributed by atoms with Crippen LogP contribution in [0.3, 0.4) is 0 Å². The Hall–Kier alpha value is -3.27. The molecule has 130 valence electrons. The second-order valence-corrected chi connectivity index (χ2v) is 6.31. The maximum absolute atomic E-state index is 11.8. The van der Waals surface area contributed by atoms with Crippen LogP contribution in [0.4, 0.5) is 0 Å². The van der Waals surface area contributed by atoms with E-state index in [0.29, 0.717) is 23.7 Å². The number of benzene rings is 2. The van der Waals surface area contributed by atoms with Crippen LogP contribution >= 0.6 is 0 Å². The quantitative estimate of drug-likeness (QED) is 0.506. The minimum atomic E-state index is -0.349. The maximum Gasteiger partial charge on any atom is 0.339 e. The molecule has 2 aromatic carbocycles. The smallest absolute Gasteiger partial charge is 0.339 e. The zero-order valence-corrected chi connectivity index (χ0v) is 14.6. The highest BCUT2D eigenvalue weighted by Crippen LogP contribution is 2.31. The maximum atomic E-state index is 11.8. The van der Waals surface area contributed by atoms with Gasteiger partial charge in [-0.2, -0.15) is 0 Å². The molecule has 0 aliphatic carbocycles. The van der Waals surface area contributed by atoms with Crippen LogP contribution in [0.15, 0.2) is 74.3 Å². The van der Waals surface area contributed by atoms with Gasteiger partial charge in [-0.15, -0.1) is 0 Å². The highest BCUT2D eigenvalue weighted by molar-refractivity contribution is 5.83. The first-order valence-corrected chi connectivity index (χ1v) is 8.42. The predicted molar refractivity (Wildman–Crippen MR) is 100 cm³/mol. The highest BCUT2D eigenvalue weighted by atomic mass is 16.5. The van der Waals surface area contributed by atoms with Crippen molar-refractivity contribution in [2.45, 2.75) is 20.5 Å². The van der Waals surface area contributed by atoms with Gasteiger partial charge in [0.25, 0.3) is 0 Å². The van der Waals surface area contributed by atoms with Crippen molar-refractivity contribution in [2.24, 2.45) is 0 Å². The van der Waals surface area contributed by atoms with Gasteiger partial charge in [0, 0.05) is 10.9 Å². The Kier molecular flexibility index (Phi) is 4.09. The third-order valence-corrected chi connectivity index (χ3v) is 4.27. The van der Waals surface area contributed by atoms with Crippen molar-refractivity contribution in [1.82, 2.24) is 0 Å². The summed E-state index contributed by atoms with van der Waals surface area (Å²) in [5.74, 6) is 1.76. The van der Waals surface area contributed by atoms with E-state index in [-0.39, 0.29) is 5.63 Å². The molecule has 4 heteroatoms. The van der Waals surface area contributed by atoms with Gasteiger partial charge in [0.1, 0.15) is 17.9 Å². The molecule has 2 heterocycles. The molecule has 0 spiro atoms. The van der Waals surface area contributed by atoms with E-state index in [1.807, 2.05) is 67.6 Å². The van der Waals surface area contributed by atoms with Crippen LogP contribution in [0.25, 0.3) is 22.5 Å². The van der Waals surface area contributed by atoms with Crippen molar-refractivity contribution in [3.63, 3.8) is 0 Å². The molecule has 26 heavy (non-hydrogen) atoms. The van der Waals surface area contributed by atoms with Gasteiger partial charge in [-0.1, -0.05) is 30.3 Å². The Morgan fingerprint density at radius 3 is 2.50 bits per heavy atom. The Morgan fingerprint density at radius 1 is 0.885 bits per heavy atom. The first-order valence-electron chi connectivity index (χ1n) is 8.42. The van der Waals surface area contributed by atoms with Crippen molar-refractivity contribution in [2.75, 3.05) is 0 Å². The number of rotatable bonds is 4. The van der Waals surface area contributed by atoms with Crippen LogP contribution in [0.1, 0.15) is 16.7 Å². The average Bonchev–Trinajstić information content (AvgIpc) is 3.07. The fourth-order valence-electron chi connectivity index (χ4n) is 2.91. The third-order valence-electron chi connectivity index (χ3n) is 4.27. The molecule has 0 bridgehead atoms. The summed E-state index contributed by atoms with van der Waals surface area (Å²) in [5, 5.41) is 0.896. The number of aryl methyl sites for hydroxylation is 2. The van der Waals surface area contributed by atoms with Gasteiger partial charge in [0.15, 0.2) is 11.5 Å². The monoisotopic (exact) mass is 346 g/mol. The molecule has 2 aromatic heterocycles. The number of ether oxygens (including phenoxy) is 1. The molecule has 0 unspecified atom stereocenters. The Morgan fingerprint density at radius 2 is 1.69 bits per heavy atom.